The minimum Gasteiger partial charge on any atom is -0.410 e. The fourth-order valence-corrected chi connectivity index (χ4v) is 3.22. The largest absolute Gasteiger partial charge is 0.410 e. The molecule has 0 spiro atoms. The smallest absolute Gasteiger partial charge is 0.217 e. The number of ketones is 1. The molecule has 6 heteroatoms. The minimum absolute atomic E-state index is 0.000367. The number of rotatable bonds is 4. The molecule has 1 N–H and O–H groups in total. The van der Waals surface area contributed by atoms with E-state index in [4.69, 9.17) is 11.6 Å². The summed E-state index contributed by atoms with van der Waals surface area (Å²) < 4.78 is 0. The third-order valence-electron chi connectivity index (χ3n) is 3.69. The highest BCUT2D eigenvalue weighted by Crippen LogP contribution is 2.22. The lowest BCUT2D eigenvalue weighted by Crippen LogP contribution is -2.24. The molecular weight excluding hydrogens is 320 g/mol. The predicted molar refractivity (Wildman–Crippen MR) is 92.8 cm³/mol. The van der Waals surface area contributed by atoms with Crippen LogP contribution in [0.25, 0.3) is 0 Å². The van der Waals surface area contributed by atoms with Gasteiger partial charge in [0.25, 0.3) is 0 Å². The van der Waals surface area contributed by atoms with Crippen molar-refractivity contribution in [3.05, 3.63) is 34.9 Å². The van der Waals surface area contributed by atoms with E-state index in [1.165, 1.54) is 18.2 Å². The standard InChI is InChI=1S/C16H19ClN2O2S/c1-22-16(18-13-5-3-2-4-6-13)14(19-21)15(20)11-7-9-12(17)10-8-11/h7-10,13,21H,2-6H2,1H3/b18-16?,19-14+. The van der Waals surface area contributed by atoms with E-state index in [-0.39, 0.29) is 17.5 Å². The number of oxime groups is 1. The van der Waals surface area contributed by atoms with Crippen LogP contribution in [-0.2, 0) is 0 Å². The molecule has 0 unspecified atom stereocenters. The van der Waals surface area contributed by atoms with Crippen molar-refractivity contribution in [2.24, 2.45) is 10.1 Å². The van der Waals surface area contributed by atoms with Gasteiger partial charge in [0.15, 0.2) is 5.71 Å². The van der Waals surface area contributed by atoms with Crippen LogP contribution in [0.1, 0.15) is 42.5 Å². The Hall–Kier alpha value is -1.33. The van der Waals surface area contributed by atoms with E-state index in [2.05, 4.69) is 10.1 Å². The second-order valence-corrected chi connectivity index (χ2v) is 6.45. The summed E-state index contributed by atoms with van der Waals surface area (Å²) in [6, 6.07) is 6.73. The van der Waals surface area contributed by atoms with Gasteiger partial charge >= 0.3 is 0 Å². The molecule has 1 saturated carbocycles. The molecule has 0 aliphatic heterocycles. The van der Waals surface area contributed by atoms with Gasteiger partial charge in [-0.3, -0.25) is 9.79 Å². The lowest BCUT2D eigenvalue weighted by molar-refractivity contribution is 0.106. The molecule has 1 aliphatic rings. The maximum Gasteiger partial charge on any atom is 0.217 e. The molecule has 0 heterocycles. The van der Waals surface area contributed by atoms with Gasteiger partial charge in [-0.05, 0) is 43.4 Å². The Morgan fingerprint density at radius 3 is 2.41 bits per heavy atom. The molecule has 0 aromatic heterocycles. The molecule has 0 saturated heterocycles. The summed E-state index contributed by atoms with van der Waals surface area (Å²) in [5.74, 6) is -0.344. The summed E-state index contributed by atoms with van der Waals surface area (Å²) in [5.41, 5.74) is 0.433. The van der Waals surface area contributed by atoms with Crippen LogP contribution in [0.2, 0.25) is 5.02 Å². The maximum absolute atomic E-state index is 12.5. The summed E-state index contributed by atoms with van der Waals surface area (Å²) >= 11 is 7.16. The zero-order valence-electron chi connectivity index (χ0n) is 12.5. The number of thioether (sulfide) groups is 1. The molecule has 0 radical (unpaired) electrons. The zero-order valence-corrected chi connectivity index (χ0v) is 14.0. The highest BCUT2D eigenvalue weighted by molar-refractivity contribution is 8.15. The Morgan fingerprint density at radius 1 is 1.23 bits per heavy atom. The number of aliphatic imine (C=N–C) groups is 1. The van der Waals surface area contributed by atoms with Crippen molar-refractivity contribution < 1.29 is 10.0 Å². The first-order chi connectivity index (χ1) is 10.7. The van der Waals surface area contributed by atoms with Gasteiger partial charge in [0, 0.05) is 10.6 Å². The molecule has 1 aromatic carbocycles. The Labute approximate surface area is 139 Å². The van der Waals surface area contributed by atoms with Gasteiger partial charge in [-0.25, -0.2) is 0 Å². The molecule has 1 fully saturated rings. The third kappa shape index (κ3) is 4.34. The van der Waals surface area contributed by atoms with Crippen LogP contribution in [0.3, 0.4) is 0 Å². The summed E-state index contributed by atoms with van der Waals surface area (Å²) in [6.45, 7) is 0. The Bertz CT molecular complexity index is 578. The van der Waals surface area contributed by atoms with Crippen molar-refractivity contribution in [3.63, 3.8) is 0 Å². The molecule has 1 aliphatic carbocycles. The topological polar surface area (TPSA) is 62.0 Å². The first kappa shape index (κ1) is 17.0. The highest BCUT2D eigenvalue weighted by Gasteiger charge is 2.22. The molecule has 2 rings (SSSR count). The Morgan fingerprint density at radius 2 is 1.86 bits per heavy atom. The third-order valence-corrected chi connectivity index (χ3v) is 4.63. The second-order valence-electron chi connectivity index (χ2n) is 5.21. The van der Waals surface area contributed by atoms with Crippen LogP contribution in [-0.4, -0.2) is 34.0 Å². The van der Waals surface area contributed by atoms with Crippen LogP contribution in [0.15, 0.2) is 34.4 Å². The van der Waals surface area contributed by atoms with E-state index in [9.17, 15) is 10.0 Å². The van der Waals surface area contributed by atoms with E-state index >= 15 is 0 Å². The first-order valence-corrected chi connectivity index (χ1v) is 8.90. The monoisotopic (exact) mass is 338 g/mol. The second kappa shape index (κ2) is 8.34. The minimum atomic E-state index is -0.344. The number of Topliss-reactive ketones (excluding diaryl/α,β-unsaturated/α-hetero) is 1. The van der Waals surface area contributed by atoms with Crippen molar-refractivity contribution in [2.75, 3.05) is 6.26 Å². The zero-order chi connectivity index (χ0) is 15.9. The van der Waals surface area contributed by atoms with Gasteiger partial charge in [0.2, 0.25) is 5.78 Å². The molecule has 1 aromatic rings. The summed E-state index contributed by atoms with van der Waals surface area (Å²) in [4.78, 5) is 17.1. The maximum atomic E-state index is 12.5. The van der Waals surface area contributed by atoms with E-state index in [0.717, 1.165) is 25.7 Å². The molecule has 22 heavy (non-hydrogen) atoms. The average molecular weight is 339 g/mol. The van der Waals surface area contributed by atoms with Gasteiger partial charge in [-0.15, -0.1) is 11.8 Å². The van der Waals surface area contributed by atoms with Gasteiger partial charge in [-0.2, -0.15) is 0 Å². The van der Waals surface area contributed by atoms with Gasteiger partial charge in [0.05, 0.1) is 6.04 Å². The number of nitrogens with zero attached hydrogens (tertiary/aromatic N) is 2. The summed E-state index contributed by atoms with van der Waals surface area (Å²) in [5, 5.41) is 13.5. The lowest BCUT2D eigenvalue weighted by Gasteiger charge is -2.18. The van der Waals surface area contributed by atoms with E-state index in [1.54, 1.807) is 24.3 Å². The summed E-state index contributed by atoms with van der Waals surface area (Å²) in [6.07, 6.45) is 7.45. The molecule has 118 valence electrons. The SMILES string of the molecule is CSC(=NC1CCCCC1)/C(=N/O)C(=O)c1ccc(Cl)cc1. The van der Waals surface area contributed by atoms with E-state index in [0.29, 0.717) is 15.6 Å². The van der Waals surface area contributed by atoms with Gasteiger partial charge < -0.3 is 5.21 Å². The summed E-state index contributed by atoms with van der Waals surface area (Å²) in [7, 11) is 0. The molecule has 0 bridgehead atoms. The van der Waals surface area contributed by atoms with Crippen LogP contribution in [0, 0.1) is 0 Å². The number of hydrogen-bond acceptors (Lipinski definition) is 5. The number of benzene rings is 1. The normalized spacial score (nSPS) is 17.5. The number of halogens is 1. The molecular formula is C16H19ClN2O2S. The van der Waals surface area contributed by atoms with Crippen LogP contribution in [0.5, 0.6) is 0 Å². The highest BCUT2D eigenvalue weighted by atomic mass is 35.5. The number of carbonyl (C=O) groups excluding carboxylic acids is 1. The first-order valence-electron chi connectivity index (χ1n) is 7.30. The fourth-order valence-electron chi connectivity index (χ4n) is 2.51. The van der Waals surface area contributed by atoms with Crippen molar-refractivity contribution in [3.8, 4) is 0 Å². The van der Waals surface area contributed by atoms with E-state index in [1.807, 2.05) is 6.26 Å². The van der Waals surface area contributed by atoms with Crippen LogP contribution in [0.4, 0.5) is 0 Å². The Kier molecular flexibility index (Phi) is 6.46. The van der Waals surface area contributed by atoms with E-state index < -0.39 is 0 Å². The van der Waals surface area contributed by atoms with Crippen molar-refractivity contribution in [1.82, 2.24) is 0 Å². The van der Waals surface area contributed by atoms with Crippen molar-refractivity contribution >= 4 is 39.9 Å². The molecule has 0 atom stereocenters. The lowest BCUT2D eigenvalue weighted by atomic mass is 9.96. The van der Waals surface area contributed by atoms with Crippen LogP contribution < -0.4 is 0 Å². The predicted octanol–water partition coefficient (Wildman–Crippen LogP) is 4.45. The number of carbonyl (C=O) groups is 1. The molecule has 0 amide bonds. The average Bonchev–Trinajstić information content (AvgIpc) is 2.56. The Balaban J connectivity index is 2.22. The van der Waals surface area contributed by atoms with Gasteiger partial charge in [-0.1, -0.05) is 36.0 Å². The van der Waals surface area contributed by atoms with Crippen LogP contribution >= 0.6 is 23.4 Å². The quantitative estimate of drug-likeness (QED) is 0.290. The van der Waals surface area contributed by atoms with Crippen molar-refractivity contribution in [2.45, 2.75) is 38.1 Å². The molecule has 4 nitrogen and oxygen atoms in total. The van der Waals surface area contributed by atoms with Crippen molar-refractivity contribution in [1.29, 1.82) is 0 Å². The fraction of sp³-hybridized carbons (Fsp3) is 0.438. The van der Waals surface area contributed by atoms with Gasteiger partial charge in [0.1, 0.15) is 5.04 Å². The number of hydrogen-bond donors (Lipinski definition) is 1.